The number of para-hydroxylation sites is 1. The number of ketones is 1. The van der Waals surface area contributed by atoms with E-state index < -0.39 is 11.7 Å². The number of nitrogens with zero attached hydrogens (tertiary/aromatic N) is 1. The molecule has 1 aliphatic rings. The number of amides is 2. The molecule has 3 aromatic carbocycles. The molecule has 0 atom stereocenters. The first-order valence-corrected chi connectivity index (χ1v) is 13.5. The fourth-order valence-electron chi connectivity index (χ4n) is 4.39. The fourth-order valence-corrected chi connectivity index (χ4v) is 4.39. The second-order valence-electron chi connectivity index (χ2n) is 10.8. The molecule has 0 unspecified atom stereocenters. The number of carbonyl (C=O) groups is 3. The van der Waals surface area contributed by atoms with E-state index in [1.165, 1.54) is 5.57 Å². The van der Waals surface area contributed by atoms with Gasteiger partial charge in [-0.25, -0.2) is 9.59 Å². The highest BCUT2D eigenvalue weighted by molar-refractivity contribution is 5.99. The molecule has 1 saturated heterocycles. The molecule has 0 bridgehead atoms. The molecule has 0 radical (unpaired) electrons. The smallest absolute Gasteiger partial charge is 0.411 e. The third-order valence-electron chi connectivity index (χ3n) is 6.48. The number of anilines is 1. The van der Waals surface area contributed by atoms with Gasteiger partial charge in [-0.1, -0.05) is 84.4 Å². The second-order valence-corrected chi connectivity index (χ2v) is 10.8. The number of ether oxygens (including phenoxy) is 2. The first-order chi connectivity index (χ1) is 19.2. The van der Waals surface area contributed by atoms with Crippen LogP contribution < -0.4 is 5.32 Å². The van der Waals surface area contributed by atoms with Crippen LogP contribution in [-0.4, -0.2) is 41.6 Å². The summed E-state index contributed by atoms with van der Waals surface area (Å²) in [5.74, 6) is -0.0447. The number of likely N-dealkylation sites (tertiary alicyclic amines) is 1. The Kier molecular flexibility index (Phi) is 9.38. The molecular formula is C33H36N2O5. The number of benzene rings is 3. The molecule has 4 rings (SSSR count). The Morgan fingerprint density at radius 2 is 1.52 bits per heavy atom. The monoisotopic (exact) mass is 540 g/mol. The molecule has 1 fully saturated rings. The summed E-state index contributed by atoms with van der Waals surface area (Å²) in [6.45, 7) is 7.03. The lowest BCUT2D eigenvalue weighted by atomic mass is 9.98. The average molecular weight is 541 g/mol. The summed E-state index contributed by atoms with van der Waals surface area (Å²) >= 11 is 0. The van der Waals surface area contributed by atoms with E-state index >= 15 is 0 Å². The zero-order valence-corrected chi connectivity index (χ0v) is 23.3. The minimum atomic E-state index is -0.571. The van der Waals surface area contributed by atoms with E-state index in [1.807, 2.05) is 87.5 Å². The third-order valence-corrected chi connectivity index (χ3v) is 6.48. The maximum Gasteiger partial charge on any atom is 0.411 e. The summed E-state index contributed by atoms with van der Waals surface area (Å²) in [4.78, 5) is 39.4. The van der Waals surface area contributed by atoms with Gasteiger partial charge in [-0.2, -0.15) is 0 Å². The first kappa shape index (κ1) is 28.6. The van der Waals surface area contributed by atoms with E-state index in [9.17, 15) is 14.4 Å². The van der Waals surface area contributed by atoms with Crippen molar-refractivity contribution in [2.45, 2.75) is 52.2 Å². The first-order valence-electron chi connectivity index (χ1n) is 13.5. The van der Waals surface area contributed by atoms with Crippen molar-refractivity contribution < 1.29 is 23.9 Å². The Bertz CT molecular complexity index is 1350. The molecular weight excluding hydrogens is 504 g/mol. The molecule has 0 aromatic heterocycles. The standard InChI is InChI=1S/C33H36N2O5/c1-33(2,3)40-32(38)35-19-17-25(18-20-35)21-24-13-15-27(16-14-24)30(36)22-28-11-7-8-12-29(28)34-31(37)39-23-26-9-5-4-6-10-26/h4-16,21H,17-20,22-23H2,1-3H3,(H,34,37). The van der Waals surface area contributed by atoms with Crippen molar-refractivity contribution >= 4 is 29.7 Å². The normalized spacial score (nSPS) is 13.4. The largest absolute Gasteiger partial charge is 0.444 e. The Labute approximate surface area is 235 Å². The zero-order chi connectivity index (χ0) is 28.5. The van der Waals surface area contributed by atoms with E-state index in [1.54, 1.807) is 17.0 Å². The quantitative estimate of drug-likeness (QED) is 0.319. The number of piperidine rings is 1. The molecule has 208 valence electrons. The van der Waals surface area contributed by atoms with Crippen LogP contribution in [-0.2, 0) is 22.5 Å². The average Bonchev–Trinajstić information content (AvgIpc) is 2.93. The van der Waals surface area contributed by atoms with Crippen molar-refractivity contribution in [1.82, 2.24) is 4.90 Å². The molecule has 0 spiro atoms. The van der Waals surface area contributed by atoms with Gasteiger partial charge in [-0.3, -0.25) is 10.1 Å². The van der Waals surface area contributed by atoms with E-state index in [0.717, 1.165) is 24.0 Å². The molecule has 2 amide bonds. The van der Waals surface area contributed by atoms with E-state index in [-0.39, 0.29) is 24.9 Å². The van der Waals surface area contributed by atoms with Gasteiger partial charge in [0.2, 0.25) is 0 Å². The van der Waals surface area contributed by atoms with Gasteiger partial charge in [-0.05, 0) is 56.4 Å². The highest BCUT2D eigenvalue weighted by atomic mass is 16.6. The summed E-state index contributed by atoms with van der Waals surface area (Å²) in [5, 5.41) is 2.76. The van der Waals surface area contributed by atoms with E-state index in [2.05, 4.69) is 11.4 Å². The summed E-state index contributed by atoms with van der Waals surface area (Å²) in [6, 6.07) is 24.2. The molecule has 7 nitrogen and oxygen atoms in total. The lowest BCUT2D eigenvalue weighted by Gasteiger charge is -2.31. The van der Waals surface area contributed by atoms with Gasteiger partial charge < -0.3 is 14.4 Å². The predicted molar refractivity (Wildman–Crippen MR) is 156 cm³/mol. The molecule has 7 heteroatoms. The third kappa shape index (κ3) is 8.56. The highest BCUT2D eigenvalue weighted by Gasteiger charge is 2.24. The second kappa shape index (κ2) is 13.1. The molecule has 3 aromatic rings. The summed E-state index contributed by atoms with van der Waals surface area (Å²) in [5.41, 5.74) is 4.53. The lowest BCUT2D eigenvalue weighted by molar-refractivity contribution is 0.0236. The highest BCUT2D eigenvalue weighted by Crippen LogP contribution is 2.23. The summed E-state index contributed by atoms with van der Waals surface area (Å²) in [7, 11) is 0. The van der Waals surface area contributed by atoms with Crippen molar-refractivity contribution in [2.75, 3.05) is 18.4 Å². The Morgan fingerprint density at radius 1 is 0.875 bits per heavy atom. The minimum Gasteiger partial charge on any atom is -0.444 e. The van der Waals surface area contributed by atoms with Gasteiger partial charge >= 0.3 is 12.2 Å². The van der Waals surface area contributed by atoms with Crippen LogP contribution in [0.25, 0.3) is 6.08 Å². The summed E-state index contributed by atoms with van der Waals surface area (Å²) in [6.07, 6.45) is 3.01. The Balaban J connectivity index is 1.31. The topological polar surface area (TPSA) is 84.9 Å². The maximum absolute atomic E-state index is 13.1. The van der Waals surface area contributed by atoms with Gasteiger partial charge in [0.1, 0.15) is 12.2 Å². The molecule has 1 aliphatic heterocycles. The van der Waals surface area contributed by atoms with E-state index in [4.69, 9.17) is 9.47 Å². The Morgan fingerprint density at radius 3 is 2.20 bits per heavy atom. The molecule has 1 heterocycles. The van der Waals surface area contributed by atoms with Gasteiger partial charge in [0.25, 0.3) is 0 Å². The Hall–Kier alpha value is -4.39. The number of hydrogen-bond acceptors (Lipinski definition) is 5. The molecule has 1 N–H and O–H groups in total. The van der Waals surface area contributed by atoms with Crippen LogP contribution in [0.5, 0.6) is 0 Å². The molecule has 0 saturated carbocycles. The lowest BCUT2D eigenvalue weighted by Crippen LogP contribution is -2.40. The van der Waals surface area contributed by atoms with Gasteiger partial charge in [0.15, 0.2) is 5.78 Å². The predicted octanol–water partition coefficient (Wildman–Crippen LogP) is 7.28. The van der Waals surface area contributed by atoms with Crippen LogP contribution in [0.3, 0.4) is 0 Å². The van der Waals surface area contributed by atoms with Crippen LogP contribution in [0.1, 0.15) is 60.7 Å². The van der Waals surface area contributed by atoms with Crippen molar-refractivity contribution in [3.63, 3.8) is 0 Å². The molecule has 40 heavy (non-hydrogen) atoms. The molecule has 0 aliphatic carbocycles. The SMILES string of the molecule is CC(C)(C)OC(=O)N1CCC(=Cc2ccc(C(=O)Cc3ccccc3NC(=O)OCc3ccccc3)cc2)CC1. The van der Waals surface area contributed by atoms with Crippen LogP contribution >= 0.6 is 0 Å². The number of Topliss-reactive ketones (excluding diaryl/α,β-unsaturated/α-hetero) is 1. The van der Waals surface area contributed by atoms with Gasteiger partial charge in [0, 0.05) is 30.8 Å². The van der Waals surface area contributed by atoms with Crippen LogP contribution in [0.15, 0.2) is 84.4 Å². The van der Waals surface area contributed by atoms with Crippen molar-refractivity contribution in [3.05, 3.63) is 107 Å². The maximum atomic E-state index is 13.1. The number of rotatable bonds is 7. The van der Waals surface area contributed by atoms with Gasteiger partial charge in [-0.15, -0.1) is 0 Å². The number of nitrogens with one attached hydrogen (secondary N) is 1. The number of hydrogen-bond donors (Lipinski definition) is 1. The number of carbonyl (C=O) groups excluding carboxylic acids is 3. The minimum absolute atomic E-state index is 0.0447. The van der Waals surface area contributed by atoms with Crippen LogP contribution in [0, 0.1) is 0 Å². The summed E-state index contributed by atoms with van der Waals surface area (Å²) < 4.78 is 10.8. The van der Waals surface area contributed by atoms with Gasteiger partial charge in [0.05, 0.1) is 0 Å². The van der Waals surface area contributed by atoms with Crippen molar-refractivity contribution in [3.8, 4) is 0 Å². The van der Waals surface area contributed by atoms with Crippen molar-refractivity contribution in [2.24, 2.45) is 0 Å². The zero-order valence-electron chi connectivity index (χ0n) is 23.3. The fraction of sp³-hybridized carbons (Fsp3) is 0.303. The van der Waals surface area contributed by atoms with Crippen molar-refractivity contribution in [1.29, 1.82) is 0 Å². The van der Waals surface area contributed by atoms with Crippen LogP contribution in [0.4, 0.5) is 15.3 Å². The van der Waals surface area contributed by atoms with Crippen LogP contribution in [0.2, 0.25) is 0 Å². The van der Waals surface area contributed by atoms with E-state index in [0.29, 0.717) is 29.9 Å².